The smallest absolute Gasteiger partial charge is 0.0897 e. The van der Waals surface area contributed by atoms with E-state index in [2.05, 4.69) is 11.8 Å². The number of β-amino-alcohol motifs (C(OH)–C–C–N with tert-alkyl or cyclic N) is 1. The van der Waals surface area contributed by atoms with Gasteiger partial charge in [0.1, 0.15) is 0 Å². The molecule has 78 valence electrons. The molecule has 0 aromatic heterocycles. The Morgan fingerprint density at radius 2 is 2.15 bits per heavy atom. The molecular formula is C9H20N2O2. The fraction of sp³-hybridized carbons (Fsp3) is 1.00. The molecule has 0 aliphatic carbocycles. The summed E-state index contributed by atoms with van der Waals surface area (Å²) in [6.07, 6.45) is 1.53. The van der Waals surface area contributed by atoms with Crippen LogP contribution in [0.5, 0.6) is 0 Å². The monoisotopic (exact) mass is 188 g/mol. The highest BCUT2D eigenvalue weighted by atomic mass is 16.3. The van der Waals surface area contributed by atoms with E-state index in [0.717, 1.165) is 25.9 Å². The van der Waals surface area contributed by atoms with Crippen molar-refractivity contribution in [3.63, 3.8) is 0 Å². The third kappa shape index (κ3) is 2.91. The summed E-state index contributed by atoms with van der Waals surface area (Å²) < 4.78 is 0. The first-order valence-corrected chi connectivity index (χ1v) is 4.90. The van der Waals surface area contributed by atoms with E-state index >= 15 is 0 Å². The van der Waals surface area contributed by atoms with Crippen LogP contribution in [-0.4, -0.2) is 53.0 Å². The molecule has 1 heterocycles. The fourth-order valence-electron chi connectivity index (χ4n) is 1.99. The lowest BCUT2D eigenvalue weighted by atomic mass is 9.86. The predicted molar refractivity (Wildman–Crippen MR) is 51.4 cm³/mol. The van der Waals surface area contributed by atoms with E-state index in [1.54, 1.807) is 0 Å². The highest BCUT2D eigenvalue weighted by molar-refractivity contribution is 4.99. The molecule has 0 aromatic rings. The van der Waals surface area contributed by atoms with E-state index < -0.39 is 6.10 Å². The Morgan fingerprint density at radius 3 is 2.62 bits per heavy atom. The molecule has 1 aliphatic rings. The molecule has 13 heavy (non-hydrogen) atoms. The van der Waals surface area contributed by atoms with Crippen LogP contribution in [0.2, 0.25) is 0 Å². The molecule has 0 saturated carbocycles. The topological polar surface area (TPSA) is 69.7 Å². The van der Waals surface area contributed by atoms with E-state index in [4.69, 9.17) is 15.9 Å². The summed E-state index contributed by atoms with van der Waals surface area (Å²) in [5.74, 6) is 0. The third-order valence-corrected chi connectivity index (χ3v) is 2.50. The molecule has 1 fully saturated rings. The Balaban J connectivity index is 2.17. The second-order valence-corrected chi connectivity index (χ2v) is 4.12. The Kier molecular flexibility index (Phi) is 3.67. The van der Waals surface area contributed by atoms with Crippen molar-refractivity contribution >= 4 is 0 Å². The maximum atomic E-state index is 9.16. The largest absolute Gasteiger partial charge is 0.394 e. The Labute approximate surface area is 79.3 Å². The van der Waals surface area contributed by atoms with E-state index in [1.807, 2.05) is 0 Å². The minimum atomic E-state index is -0.619. The van der Waals surface area contributed by atoms with Crippen LogP contribution in [0.15, 0.2) is 0 Å². The molecule has 0 radical (unpaired) electrons. The predicted octanol–water partition coefficient (Wildman–Crippen LogP) is -0.847. The van der Waals surface area contributed by atoms with Crippen molar-refractivity contribution in [1.82, 2.24) is 4.90 Å². The van der Waals surface area contributed by atoms with Crippen molar-refractivity contribution in [3.8, 4) is 0 Å². The summed E-state index contributed by atoms with van der Waals surface area (Å²) in [6.45, 7) is 4.19. The normalized spacial score (nSPS) is 24.0. The minimum Gasteiger partial charge on any atom is -0.394 e. The molecule has 4 N–H and O–H groups in total. The van der Waals surface area contributed by atoms with Crippen molar-refractivity contribution in [1.29, 1.82) is 0 Å². The number of aliphatic hydroxyl groups excluding tert-OH is 2. The molecule has 1 atom stereocenters. The van der Waals surface area contributed by atoms with Crippen molar-refractivity contribution in [2.24, 2.45) is 5.73 Å². The number of nitrogens with two attached hydrogens (primary N) is 1. The van der Waals surface area contributed by atoms with E-state index in [0.29, 0.717) is 6.54 Å². The number of hydrogen-bond acceptors (Lipinski definition) is 4. The first-order valence-electron chi connectivity index (χ1n) is 4.90. The van der Waals surface area contributed by atoms with Gasteiger partial charge in [-0.1, -0.05) is 13.3 Å². The summed E-state index contributed by atoms with van der Waals surface area (Å²) >= 11 is 0. The van der Waals surface area contributed by atoms with Gasteiger partial charge in [-0.2, -0.15) is 0 Å². The van der Waals surface area contributed by atoms with Crippen LogP contribution >= 0.6 is 0 Å². The molecule has 0 amide bonds. The SMILES string of the molecule is CCCC1(N)CN(CC(O)CO)C1. The quantitative estimate of drug-likeness (QED) is 0.526. The summed E-state index contributed by atoms with van der Waals surface area (Å²) in [5, 5.41) is 17.8. The molecule has 1 aliphatic heterocycles. The fourth-order valence-corrected chi connectivity index (χ4v) is 1.99. The minimum absolute atomic E-state index is 0.0378. The summed E-state index contributed by atoms with van der Waals surface area (Å²) in [6, 6.07) is 0. The highest BCUT2D eigenvalue weighted by Crippen LogP contribution is 2.22. The van der Waals surface area contributed by atoms with Crippen LogP contribution in [0, 0.1) is 0 Å². The molecule has 4 nitrogen and oxygen atoms in total. The van der Waals surface area contributed by atoms with Gasteiger partial charge in [-0.15, -0.1) is 0 Å². The summed E-state index contributed by atoms with van der Waals surface area (Å²) in [7, 11) is 0. The van der Waals surface area contributed by atoms with Crippen LogP contribution in [0.1, 0.15) is 19.8 Å². The van der Waals surface area contributed by atoms with Gasteiger partial charge in [-0.05, 0) is 6.42 Å². The van der Waals surface area contributed by atoms with Gasteiger partial charge in [0.15, 0.2) is 0 Å². The van der Waals surface area contributed by atoms with Gasteiger partial charge in [0, 0.05) is 25.2 Å². The lowest BCUT2D eigenvalue weighted by Crippen LogP contribution is -2.68. The van der Waals surface area contributed by atoms with Gasteiger partial charge >= 0.3 is 0 Å². The number of rotatable bonds is 5. The molecule has 0 spiro atoms. The second kappa shape index (κ2) is 4.37. The van der Waals surface area contributed by atoms with Crippen LogP contribution in [0.4, 0.5) is 0 Å². The molecule has 1 unspecified atom stereocenters. The average molecular weight is 188 g/mol. The van der Waals surface area contributed by atoms with E-state index in [9.17, 15) is 0 Å². The first kappa shape index (κ1) is 10.9. The second-order valence-electron chi connectivity index (χ2n) is 4.12. The third-order valence-electron chi connectivity index (χ3n) is 2.50. The Hall–Kier alpha value is -0.160. The average Bonchev–Trinajstić information content (AvgIpc) is 2.02. The molecule has 1 saturated heterocycles. The van der Waals surface area contributed by atoms with Crippen LogP contribution in [0.3, 0.4) is 0 Å². The van der Waals surface area contributed by atoms with E-state index in [-0.39, 0.29) is 12.1 Å². The summed E-state index contributed by atoms with van der Waals surface area (Å²) in [4.78, 5) is 2.08. The molecule has 1 rings (SSSR count). The number of aliphatic hydroxyl groups is 2. The zero-order chi connectivity index (χ0) is 9.90. The highest BCUT2D eigenvalue weighted by Gasteiger charge is 2.38. The van der Waals surface area contributed by atoms with Gasteiger partial charge in [0.2, 0.25) is 0 Å². The van der Waals surface area contributed by atoms with Crippen molar-refractivity contribution < 1.29 is 10.2 Å². The zero-order valence-electron chi connectivity index (χ0n) is 8.24. The number of hydrogen-bond donors (Lipinski definition) is 3. The van der Waals surface area contributed by atoms with Gasteiger partial charge < -0.3 is 15.9 Å². The standard InChI is InChI=1S/C9H20N2O2/c1-2-3-9(10)6-11(7-9)4-8(13)5-12/h8,12-13H,2-7,10H2,1H3. The summed E-state index contributed by atoms with van der Waals surface area (Å²) in [5.41, 5.74) is 6.00. The van der Waals surface area contributed by atoms with Crippen LogP contribution in [-0.2, 0) is 0 Å². The van der Waals surface area contributed by atoms with Gasteiger partial charge in [-0.25, -0.2) is 0 Å². The molecule has 4 heteroatoms. The first-order chi connectivity index (χ1) is 6.09. The van der Waals surface area contributed by atoms with Gasteiger partial charge in [0.05, 0.1) is 12.7 Å². The lowest BCUT2D eigenvalue weighted by molar-refractivity contribution is -0.0000930. The number of likely N-dealkylation sites (tertiary alicyclic amines) is 1. The van der Waals surface area contributed by atoms with Gasteiger partial charge in [0.25, 0.3) is 0 Å². The van der Waals surface area contributed by atoms with Crippen molar-refractivity contribution in [2.45, 2.75) is 31.4 Å². The van der Waals surface area contributed by atoms with Gasteiger partial charge in [-0.3, -0.25) is 4.90 Å². The van der Waals surface area contributed by atoms with E-state index in [1.165, 1.54) is 0 Å². The maximum Gasteiger partial charge on any atom is 0.0897 e. The zero-order valence-corrected chi connectivity index (χ0v) is 8.24. The van der Waals surface area contributed by atoms with Crippen molar-refractivity contribution in [2.75, 3.05) is 26.2 Å². The molecular weight excluding hydrogens is 168 g/mol. The lowest BCUT2D eigenvalue weighted by Gasteiger charge is -2.48. The molecule has 0 bridgehead atoms. The molecule has 0 aromatic carbocycles. The Morgan fingerprint density at radius 1 is 1.54 bits per heavy atom. The van der Waals surface area contributed by atoms with Crippen LogP contribution in [0.25, 0.3) is 0 Å². The van der Waals surface area contributed by atoms with Crippen molar-refractivity contribution in [3.05, 3.63) is 0 Å². The van der Waals surface area contributed by atoms with Crippen LogP contribution < -0.4 is 5.73 Å². The number of nitrogens with zero attached hydrogens (tertiary/aromatic N) is 1. The maximum absolute atomic E-state index is 9.16. The Bertz CT molecular complexity index is 158.